The van der Waals surface area contributed by atoms with Crippen molar-refractivity contribution >= 4 is 80.1 Å². The summed E-state index contributed by atoms with van der Waals surface area (Å²) in [5, 5.41) is 5.24. The number of fused-ring (bicyclic) bond motifs is 6. The fourth-order valence-electron chi connectivity index (χ4n) is 6.64. The van der Waals surface area contributed by atoms with Gasteiger partial charge in [0.15, 0.2) is 0 Å². The van der Waals surface area contributed by atoms with Crippen molar-refractivity contribution < 1.29 is 0 Å². The normalized spacial score (nSPS) is 11.6. The third-order valence-electron chi connectivity index (χ3n) is 8.68. The molecular weight excluding hydrogens is 583 g/mol. The first-order valence-corrected chi connectivity index (χ1v) is 16.8. The quantitative estimate of drug-likeness (QED) is 0.188. The van der Waals surface area contributed by atoms with Crippen LogP contribution < -0.4 is 4.90 Å². The summed E-state index contributed by atoms with van der Waals surface area (Å²) in [5.74, 6) is 0. The molecule has 9 aromatic rings. The van der Waals surface area contributed by atoms with Gasteiger partial charge in [0.2, 0.25) is 0 Å². The van der Waals surface area contributed by atoms with Gasteiger partial charge in [0.1, 0.15) is 0 Å². The summed E-state index contributed by atoms with van der Waals surface area (Å²) in [6.45, 7) is 0. The van der Waals surface area contributed by atoms with E-state index in [1.165, 1.54) is 68.3 Å². The van der Waals surface area contributed by atoms with Gasteiger partial charge in [-0.15, -0.1) is 22.7 Å². The number of nitrogens with zero attached hydrogens (tertiary/aromatic N) is 1. The molecule has 0 fully saturated rings. The lowest BCUT2D eigenvalue weighted by Crippen LogP contribution is -2.11. The molecule has 45 heavy (non-hydrogen) atoms. The first kappa shape index (κ1) is 26.2. The van der Waals surface area contributed by atoms with Crippen LogP contribution in [-0.2, 0) is 0 Å². The Morgan fingerprint density at radius 2 is 0.978 bits per heavy atom. The highest BCUT2D eigenvalue weighted by Gasteiger charge is 2.23. The lowest BCUT2D eigenvalue weighted by Gasteiger charge is -2.29. The summed E-state index contributed by atoms with van der Waals surface area (Å²) >= 11 is 3.75. The van der Waals surface area contributed by atoms with Crippen LogP contribution in [0.1, 0.15) is 0 Å². The molecule has 7 aromatic carbocycles. The van der Waals surface area contributed by atoms with E-state index in [0.717, 1.165) is 11.4 Å². The van der Waals surface area contributed by atoms with Gasteiger partial charge in [-0.05, 0) is 53.1 Å². The summed E-state index contributed by atoms with van der Waals surface area (Å²) in [6.07, 6.45) is 0. The maximum absolute atomic E-state index is 2.48. The van der Waals surface area contributed by atoms with Crippen LogP contribution in [0.4, 0.5) is 17.1 Å². The summed E-state index contributed by atoms with van der Waals surface area (Å²) in [6, 6.07) is 59.6. The van der Waals surface area contributed by atoms with E-state index < -0.39 is 0 Å². The molecule has 0 saturated heterocycles. The van der Waals surface area contributed by atoms with Gasteiger partial charge in [0.25, 0.3) is 0 Å². The van der Waals surface area contributed by atoms with Gasteiger partial charge in [-0.2, -0.15) is 0 Å². The Labute approximate surface area is 269 Å². The molecule has 0 amide bonds. The van der Waals surface area contributed by atoms with E-state index in [4.69, 9.17) is 0 Å². The van der Waals surface area contributed by atoms with Crippen molar-refractivity contribution in [2.45, 2.75) is 0 Å². The molecule has 0 radical (unpaired) electrons. The molecule has 0 N–H and O–H groups in total. The van der Waals surface area contributed by atoms with E-state index in [1.54, 1.807) is 0 Å². The molecule has 0 aliphatic heterocycles. The number of para-hydroxylation sites is 1. The predicted octanol–water partition coefficient (Wildman–Crippen LogP) is 13.2. The van der Waals surface area contributed by atoms with Crippen molar-refractivity contribution in [3.8, 4) is 22.3 Å². The Kier molecular flexibility index (Phi) is 6.26. The fourth-order valence-corrected chi connectivity index (χ4v) is 9.01. The van der Waals surface area contributed by atoms with Crippen LogP contribution in [0.15, 0.2) is 164 Å². The third kappa shape index (κ3) is 4.35. The monoisotopic (exact) mass is 609 g/mol. The van der Waals surface area contributed by atoms with Crippen molar-refractivity contribution in [2.75, 3.05) is 4.90 Å². The van der Waals surface area contributed by atoms with Crippen molar-refractivity contribution in [1.82, 2.24) is 0 Å². The zero-order chi connectivity index (χ0) is 29.7. The molecule has 3 heteroatoms. The first-order valence-electron chi connectivity index (χ1n) is 15.2. The third-order valence-corrected chi connectivity index (χ3v) is 11.0. The highest BCUT2D eigenvalue weighted by atomic mass is 32.1. The number of hydrogen-bond donors (Lipinski definition) is 0. The van der Waals surface area contributed by atoms with Crippen molar-refractivity contribution in [3.63, 3.8) is 0 Å². The minimum Gasteiger partial charge on any atom is -0.308 e. The molecule has 2 aromatic heterocycles. The van der Waals surface area contributed by atoms with Gasteiger partial charge >= 0.3 is 0 Å². The standard InChI is InChI=1S/C42H27NS2/c1-3-13-28(14-4-1)31-17-7-10-20-36(31)43(30-23-24-34-33-18-8-11-21-38(33)44-40(34)27-30)37-26-25-32(29-15-5-2-6-16-29)41-35-19-9-12-22-39(35)45-42(37)41/h1-27H. The average Bonchev–Trinajstić information content (AvgIpc) is 3.68. The molecule has 0 aliphatic rings. The Bertz CT molecular complexity index is 2490. The van der Waals surface area contributed by atoms with E-state index in [1.807, 2.05) is 22.7 Å². The molecule has 0 spiro atoms. The highest BCUT2D eigenvalue weighted by Crippen LogP contribution is 2.50. The van der Waals surface area contributed by atoms with Gasteiger partial charge < -0.3 is 4.90 Å². The Morgan fingerprint density at radius 1 is 0.378 bits per heavy atom. The van der Waals surface area contributed by atoms with Crippen LogP contribution in [-0.4, -0.2) is 0 Å². The second-order valence-electron chi connectivity index (χ2n) is 11.3. The number of benzene rings is 7. The molecule has 9 rings (SSSR count). The topological polar surface area (TPSA) is 3.24 Å². The number of anilines is 3. The number of hydrogen-bond acceptors (Lipinski definition) is 3. The maximum Gasteiger partial charge on any atom is 0.0641 e. The molecule has 1 nitrogen and oxygen atoms in total. The molecule has 0 atom stereocenters. The SMILES string of the molecule is c1ccc(-c2ccccc2N(c2ccc3c(c2)sc2ccccc23)c2ccc(-c3ccccc3)c3c2sc2ccccc23)cc1. The molecular formula is C42H27NS2. The minimum absolute atomic E-state index is 1.16. The van der Waals surface area contributed by atoms with Gasteiger partial charge in [0, 0.05) is 46.9 Å². The summed E-state index contributed by atoms with van der Waals surface area (Å²) in [7, 11) is 0. The van der Waals surface area contributed by atoms with Gasteiger partial charge in [0.05, 0.1) is 16.1 Å². The Balaban J connectivity index is 1.37. The van der Waals surface area contributed by atoms with Crippen molar-refractivity contribution in [3.05, 3.63) is 164 Å². The van der Waals surface area contributed by atoms with E-state index in [-0.39, 0.29) is 0 Å². The lowest BCUT2D eigenvalue weighted by molar-refractivity contribution is 1.31. The second-order valence-corrected chi connectivity index (χ2v) is 13.4. The fraction of sp³-hybridized carbons (Fsp3) is 0. The van der Waals surface area contributed by atoms with Crippen LogP contribution in [0, 0.1) is 0 Å². The van der Waals surface area contributed by atoms with Crippen molar-refractivity contribution in [1.29, 1.82) is 0 Å². The van der Waals surface area contributed by atoms with E-state index >= 15 is 0 Å². The molecule has 212 valence electrons. The molecule has 0 saturated carbocycles. The largest absolute Gasteiger partial charge is 0.308 e. The van der Waals surface area contributed by atoms with Crippen LogP contribution in [0.3, 0.4) is 0 Å². The Hall–Kier alpha value is -5.22. The number of rotatable bonds is 5. The minimum atomic E-state index is 1.16. The van der Waals surface area contributed by atoms with Crippen LogP contribution in [0.25, 0.3) is 62.6 Å². The van der Waals surface area contributed by atoms with Gasteiger partial charge in [-0.1, -0.05) is 127 Å². The summed E-state index contributed by atoms with van der Waals surface area (Å²) in [4.78, 5) is 2.48. The maximum atomic E-state index is 2.48. The zero-order valence-corrected chi connectivity index (χ0v) is 26.0. The zero-order valence-electron chi connectivity index (χ0n) is 24.4. The van der Waals surface area contributed by atoms with Crippen LogP contribution in [0.2, 0.25) is 0 Å². The summed E-state index contributed by atoms with van der Waals surface area (Å²) in [5.41, 5.74) is 8.42. The van der Waals surface area contributed by atoms with E-state index in [2.05, 4.69) is 169 Å². The van der Waals surface area contributed by atoms with Crippen molar-refractivity contribution in [2.24, 2.45) is 0 Å². The molecule has 2 heterocycles. The van der Waals surface area contributed by atoms with Gasteiger partial charge in [-0.25, -0.2) is 0 Å². The average molecular weight is 610 g/mol. The highest BCUT2D eigenvalue weighted by molar-refractivity contribution is 7.26. The molecule has 0 unspecified atom stereocenters. The Morgan fingerprint density at radius 3 is 1.76 bits per heavy atom. The summed E-state index contributed by atoms with van der Waals surface area (Å²) < 4.78 is 5.20. The molecule has 0 aliphatic carbocycles. The smallest absolute Gasteiger partial charge is 0.0641 e. The van der Waals surface area contributed by atoms with E-state index in [0.29, 0.717) is 0 Å². The van der Waals surface area contributed by atoms with Crippen LogP contribution in [0.5, 0.6) is 0 Å². The number of thiophene rings is 2. The van der Waals surface area contributed by atoms with Crippen LogP contribution >= 0.6 is 22.7 Å². The van der Waals surface area contributed by atoms with E-state index in [9.17, 15) is 0 Å². The first-order chi connectivity index (χ1) is 22.3. The van der Waals surface area contributed by atoms with Gasteiger partial charge in [-0.3, -0.25) is 0 Å². The lowest BCUT2D eigenvalue weighted by atomic mass is 9.97. The second kappa shape index (κ2) is 10.7. The molecule has 0 bridgehead atoms. The predicted molar refractivity (Wildman–Crippen MR) is 198 cm³/mol.